The minimum atomic E-state index is -0.575. The SMILES string of the molecule is CC(=O)NCCNc1nc2nonc2nc1O.CC(C)(C)OC(=O)CNc1nc2nonc2nc1Nc1cccc2ccccc12. The van der Waals surface area contributed by atoms with E-state index in [1.54, 1.807) is 0 Å². The normalized spacial score (nSPS) is 11.1. The summed E-state index contributed by atoms with van der Waals surface area (Å²) in [6.07, 6.45) is 0. The predicted molar refractivity (Wildman–Crippen MR) is 165 cm³/mol. The molecule has 0 spiro atoms. The summed E-state index contributed by atoms with van der Waals surface area (Å²) in [6, 6.07) is 13.9. The molecule has 0 fully saturated rings. The van der Waals surface area contributed by atoms with Gasteiger partial charge in [-0.3, -0.25) is 9.59 Å². The average Bonchev–Trinajstić information content (AvgIpc) is 3.66. The second-order valence-electron chi connectivity index (χ2n) is 10.6. The highest BCUT2D eigenvalue weighted by atomic mass is 16.6. The van der Waals surface area contributed by atoms with Crippen LogP contribution in [0.25, 0.3) is 33.4 Å². The van der Waals surface area contributed by atoms with Crippen molar-refractivity contribution in [2.75, 3.05) is 35.6 Å². The molecular formula is C28H30N12O6. The quantitative estimate of drug-likeness (QED) is 0.114. The molecule has 0 atom stereocenters. The van der Waals surface area contributed by atoms with Crippen LogP contribution >= 0.6 is 0 Å². The molecule has 238 valence electrons. The Morgan fingerprint density at radius 1 is 0.783 bits per heavy atom. The molecule has 4 aromatic heterocycles. The molecule has 0 unspecified atom stereocenters. The van der Waals surface area contributed by atoms with Crippen molar-refractivity contribution in [2.24, 2.45) is 0 Å². The average molecular weight is 631 g/mol. The van der Waals surface area contributed by atoms with E-state index in [2.05, 4.69) is 66.5 Å². The number of ether oxygens (including phenoxy) is 1. The van der Waals surface area contributed by atoms with E-state index in [-0.39, 0.29) is 46.7 Å². The fourth-order valence-electron chi connectivity index (χ4n) is 4.01. The molecule has 0 saturated heterocycles. The van der Waals surface area contributed by atoms with Crippen LogP contribution < -0.4 is 21.3 Å². The maximum absolute atomic E-state index is 12.1. The third kappa shape index (κ3) is 8.04. The highest BCUT2D eigenvalue weighted by Crippen LogP contribution is 2.29. The zero-order valence-electron chi connectivity index (χ0n) is 25.2. The first-order chi connectivity index (χ1) is 22.1. The fraction of sp³-hybridized carbons (Fsp3) is 0.286. The van der Waals surface area contributed by atoms with Crippen molar-refractivity contribution in [3.05, 3.63) is 42.5 Å². The van der Waals surface area contributed by atoms with Gasteiger partial charge in [-0.25, -0.2) is 19.2 Å². The molecule has 5 N–H and O–H groups in total. The van der Waals surface area contributed by atoms with Crippen molar-refractivity contribution in [2.45, 2.75) is 33.3 Å². The number of hydrogen-bond acceptors (Lipinski definition) is 17. The van der Waals surface area contributed by atoms with Gasteiger partial charge in [-0.2, -0.15) is 9.97 Å². The third-order valence-corrected chi connectivity index (χ3v) is 5.86. The number of nitrogens with one attached hydrogen (secondary N) is 4. The molecule has 0 radical (unpaired) electrons. The number of nitrogens with zero attached hydrogens (tertiary/aromatic N) is 8. The Hall–Kier alpha value is -6.20. The number of benzene rings is 2. The summed E-state index contributed by atoms with van der Waals surface area (Å²) < 4.78 is 14.5. The minimum Gasteiger partial charge on any atom is -0.491 e. The molecule has 18 heteroatoms. The summed E-state index contributed by atoms with van der Waals surface area (Å²) >= 11 is 0. The predicted octanol–water partition coefficient (Wildman–Crippen LogP) is 2.93. The third-order valence-electron chi connectivity index (χ3n) is 5.86. The van der Waals surface area contributed by atoms with Gasteiger partial charge in [0.1, 0.15) is 12.1 Å². The van der Waals surface area contributed by atoms with Crippen LogP contribution in [0.1, 0.15) is 27.7 Å². The van der Waals surface area contributed by atoms with E-state index in [0.717, 1.165) is 16.5 Å². The molecule has 4 heterocycles. The molecule has 46 heavy (non-hydrogen) atoms. The summed E-state index contributed by atoms with van der Waals surface area (Å²) in [6.45, 7) is 7.59. The van der Waals surface area contributed by atoms with Gasteiger partial charge in [-0.05, 0) is 52.9 Å². The number of rotatable bonds is 9. The van der Waals surface area contributed by atoms with Crippen molar-refractivity contribution < 1.29 is 28.7 Å². The number of carbonyl (C=O) groups excluding carboxylic acids is 2. The van der Waals surface area contributed by atoms with Crippen LogP contribution in [0.3, 0.4) is 0 Å². The number of aromatic hydroxyl groups is 1. The van der Waals surface area contributed by atoms with Crippen LogP contribution in [-0.4, -0.2) is 82.8 Å². The molecule has 0 bridgehead atoms. The molecule has 18 nitrogen and oxygen atoms in total. The Morgan fingerprint density at radius 3 is 2.07 bits per heavy atom. The van der Waals surface area contributed by atoms with E-state index in [1.807, 2.05) is 63.2 Å². The van der Waals surface area contributed by atoms with Crippen LogP contribution in [0, 0.1) is 0 Å². The van der Waals surface area contributed by atoms with Gasteiger partial charge in [0.15, 0.2) is 17.5 Å². The van der Waals surface area contributed by atoms with Gasteiger partial charge < -0.3 is 31.1 Å². The fourth-order valence-corrected chi connectivity index (χ4v) is 4.01. The van der Waals surface area contributed by atoms with Crippen molar-refractivity contribution in [1.82, 2.24) is 45.9 Å². The molecular weight excluding hydrogens is 600 g/mol. The molecule has 6 aromatic rings. The number of carbonyl (C=O) groups is 2. The number of fused-ring (bicyclic) bond motifs is 3. The number of amides is 1. The Kier molecular flexibility index (Phi) is 9.25. The molecule has 0 aliphatic rings. The molecule has 0 saturated carbocycles. The topological polar surface area (TPSA) is 241 Å². The van der Waals surface area contributed by atoms with E-state index in [4.69, 9.17) is 9.37 Å². The van der Waals surface area contributed by atoms with Gasteiger partial charge in [-0.15, -0.1) is 0 Å². The summed E-state index contributed by atoms with van der Waals surface area (Å²) in [5.41, 5.74) is 1.10. The van der Waals surface area contributed by atoms with E-state index in [1.165, 1.54) is 6.92 Å². The standard InChI is InChI=1S/C20H20N6O3.C8H10N6O3/c1-20(2,3)28-15(27)11-21-16-17(24-19-18(23-16)25-29-26-19)22-14-10-6-8-12-7-4-5-9-13(12)14;1-4(15)9-2-3-10-7-8(16)12-6-5(11-7)13-17-14-6/h4-10H,11H2,1-3H3,(H,21,23,25)(H,22,24,26);2-3H2,1H3,(H,9,15)(H,10,11,13)(H,12,14,16). The van der Waals surface area contributed by atoms with Gasteiger partial charge >= 0.3 is 5.97 Å². The lowest BCUT2D eigenvalue weighted by Gasteiger charge is -2.20. The van der Waals surface area contributed by atoms with Gasteiger partial charge in [0.05, 0.1) is 0 Å². The Morgan fingerprint density at radius 2 is 1.39 bits per heavy atom. The van der Waals surface area contributed by atoms with E-state index in [0.29, 0.717) is 24.7 Å². The lowest BCUT2D eigenvalue weighted by atomic mass is 10.1. The summed E-state index contributed by atoms with van der Waals surface area (Å²) in [4.78, 5) is 39.2. The zero-order chi connectivity index (χ0) is 32.7. The first-order valence-corrected chi connectivity index (χ1v) is 13.9. The van der Waals surface area contributed by atoms with Gasteiger partial charge in [0.2, 0.25) is 28.5 Å². The highest BCUT2D eigenvalue weighted by Gasteiger charge is 2.19. The van der Waals surface area contributed by atoms with Crippen LogP contribution in [0.15, 0.2) is 51.7 Å². The van der Waals surface area contributed by atoms with Gasteiger partial charge in [-0.1, -0.05) is 36.4 Å². The van der Waals surface area contributed by atoms with E-state index in [9.17, 15) is 14.7 Å². The van der Waals surface area contributed by atoms with Crippen LogP contribution in [0.2, 0.25) is 0 Å². The van der Waals surface area contributed by atoms with Crippen molar-refractivity contribution in [3.8, 4) is 5.88 Å². The van der Waals surface area contributed by atoms with E-state index >= 15 is 0 Å². The van der Waals surface area contributed by atoms with Crippen molar-refractivity contribution in [1.29, 1.82) is 0 Å². The van der Waals surface area contributed by atoms with Gasteiger partial charge in [0, 0.05) is 31.1 Å². The first kappa shape index (κ1) is 31.2. The van der Waals surface area contributed by atoms with E-state index < -0.39 is 11.6 Å². The molecule has 6 rings (SSSR count). The van der Waals surface area contributed by atoms with Gasteiger partial charge in [0.25, 0.3) is 5.88 Å². The number of aromatic nitrogens is 8. The Bertz CT molecular complexity index is 1980. The van der Waals surface area contributed by atoms with Crippen LogP contribution in [0.4, 0.5) is 23.1 Å². The second kappa shape index (κ2) is 13.6. The molecule has 0 aliphatic carbocycles. The number of hydrogen-bond donors (Lipinski definition) is 5. The summed E-state index contributed by atoms with van der Waals surface area (Å²) in [5.74, 6) is 0.0710. The van der Waals surface area contributed by atoms with Crippen molar-refractivity contribution in [3.63, 3.8) is 0 Å². The Labute approximate surface area is 260 Å². The zero-order valence-corrected chi connectivity index (χ0v) is 25.2. The number of esters is 1. The maximum Gasteiger partial charge on any atom is 0.325 e. The molecule has 1 amide bonds. The minimum absolute atomic E-state index is 0.0764. The van der Waals surface area contributed by atoms with Crippen LogP contribution in [0.5, 0.6) is 5.88 Å². The first-order valence-electron chi connectivity index (χ1n) is 13.9. The molecule has 0 aliphatic heterocycles. The molecule has 2 aromatic carbocycles. The monoisotopic (exact) mass is 630 g/mol. The summed E-state index contributed by atoms with van der Waals surface area (Å²) in [7, 11) is 0. The largest absolute Gasteiger partial charge is 0.491 e. The highest BCUT2D eigenvalue weighted by molar-refractivity contribution is 5.96. The lowest BCUT2D eigenvalue weighted by molar-refractivity contribution is -0.152. The second-order valence-corrected chi connectivity index (χ2v) is 10.6. The smallest absolute Gasteiger partial charge is 0.325 e. The Balaban J connectivity index is 0.000000209. The van der Waals surface area contributed by atoms with Crippen molar-refractivity contribution >= 4 is 68.4 Å². The lowest BCUT2D eigenvalue weighted by Crippen LogP contribution is -2.28. The van der Waals surface area contributed by atoms with Crippen LogP contribution in [-0.2, 0) is 14.3 Å². The summed E-state index contributed by atoms with van der Waals surface area (Å²) in [5, 5.41) is 37.6. The number of anilines is 4. The maximum atomic E-state index is 12.1.